The van der Waals surface area contributed by atoms with Crippen molar-refractivity contribution in [3.63, 3.8) is 0 Å². The number of carbonyl (C=O) groups excluding carboxylic acids is 1. The van der Waals surface area contributed by atoms with Crippen molar-refractivity contribution in [1.29, 1.82) is 0 Å². The lowest BCUT2D eigenvalue weighted by molar-refractivity contribution is 0.0958. The molecule has 0 spiro atoms. The van der Waals surface area contributed by atoms with Gasteiger partial charge >= 0.3 is 0 Å². The summed E-state index contributed by atoms with van der Waals surface area (Å²) in [7, 11) is 0. The fourth-order valence-electron chi connectivity index (χ4n) is 4.47. The first-order valence-electron chi connectivity index (χ1n) is 10.5. The summed E-state index contributed by atoms with van der Waals surface area (Å²) in [5.74, 6) is 0.116. The van der Waals surface area contributed by atoms with E-state index in [0.717, 1.165) is 38.0 Å². The molecule has 1 aliphatic heterocycles. The summed E-state index contributed by atoms with van der Waals surface area (Å²) >= 11 is 1.86. The van der Waals surface area contributed by atoms with Crippen LogP contribution in [0.4, 0.5) is 5.00 Å². The van der Waals surface area contributed by atoms with Crippen LogP contribution in [0, 0.1) is 0 Å². The molecule has 2 aromatic heterocycles. The lowest BCUT2D eigenvalue weighted by atomic mass is 9.94. The SMILES string of the molecule is O=C(c1ccccc1)N1CN(CCCn2ccnc2)Cc2c1sc1c2CCCC1. The van der Waals surface area contributed by atoms with Crippen LogP contribution in [0.25, 0.3) is 0 Å². The van der Waals surface area contributed by atoms with Crippen LogP contribution in [0.15, 0.2) is 49.1 Å². The molecule has 150 valence electrons. The number of nitrogens with zero attached hydrogens (tertiary/aromatic N) is 4. The first-order valence-corrected chi connectivity index (χ1v) is 11.3. The van der Waals surface area contributed by atoms with Crippen molar-refractivity contribution < 1.29 is 4.79 Å². The first kappa shape index (κ1) is 18.6. The summed E-state index contributed by atoms with van der Waals surface area (Å²) in [6.45, 7) is 3.56. The molecule has 0 radical (unpaired) electrons. The number of thiophene rings is 1. The van der Waals surface area contributed by atoms with Gasteiger partial charge in [-0.15, -0.1) is 11.3 Å². The zero-order valence-corrected chi connectivity index (χ0v) is 17.4. The molecular weight excluding hydrogens is 380 g/mol. The van der Waals surface area contributed by atoms with E-state index in [1.807, 2.05) is 65.3 Å². The molecule has 2 aliphatic rings. The summed E-state index contributed by atoms with van der Waals surface area (Å²) in [4.78, 5) is 23.5. The van der Waals surface area contributed by atoms with Crippen molar-refractivity contribution in [2.45, 2.75) is 45.2 Å². The summed E-state index contributed by atoms with van der Waals surface area (Å²) < 4.78 is 2.12. The molecule has 29 heavy (non-hydrogen) atoms. The van der Waals surface area contributed by atoms with Gasteiger partial charge in [-0.1, -0.05) is 18.2 Å². The monoisotopic (exact) mass is 406 g/mol. The van der Waals surface area contributed by atoms with Gasteiger partial charge < -0.3 is 4.57 Å². The van der Waals surface area contributed by atoms with E-state index in [-0.39, 0.29) is 5.91 Å². The third-order valence-electron chi connectivity index (χ3n) is 5.94. The summed E-state index contributed by atoms with van der Waals surface area (Å²) in [5, 5.41) is 1.19. The van der Waals surface area contributed by atoms with Crippen LogP contribution in [-0.4, -0.2) is 33.6 Å². The highest BCUT2D eigenvalue weighted by molar-refractivity contribution is 7.16. The van der Waals surface area contributed by atoms with Gasteiger partial charge in [-0.2, -0.15) is 0 Å². The Labute approximate surface area is 175 Å². The predicted octanol–water partition coefficient (Wildman–Crippen LogP) is 4.33. The van der Waals surface area contributed by atoms with Gasteiger partial charge in [0.2, 0.25) is 0 Å². The molecule has 1 aliphatic carbocycles. The van der Waals surface area contributed by atoms with Crippen molar-refractivity contribution >= 4 is 22.2 Å². The highest BCUT2D eigenvalue weighted by Crippen LogP contribution is 2.43. The average Bonchev–Trinajstić information content (AvgIpc) is 3.41. The largest absolute Gasteiger partial charge is 0.337 e. The van der Waals surface area contributed by atoms with Crippen LogP contribution in [0.5, 0.6) is 0 Å². The molecule has 1 amide bonds. The zero-order chi connectivity index (χ0) is 19.6. The summed E-state index contributed by atoms with van der Waals surface area (Å²) in [6, 6.07) is 9.70. The van der Waals surface area contributed by atoms with E-state index in [9.17, 15) is 4.79 Å². The second kappa shape index (κ2) is 8.13. The van der Waals surface area contributed by atoms with E-state index in [4.69, 9.17) is 0 Å². The number of fused-ring (bicyclic) bond motifs is 3. The van der Waals surface area contributed by atoms with Gasteiger partial charge in [0, 0.05) is 48.0 Å². The third-order valence-corrected chi connectivity index (χ3v) is 7.30. The second-order valence-corrected chi connectivity index (χ2v) is 9.03. The number of aromatic nitrogens is 2. The Morgan fingerprint density at radius 2 is 1.93 bits per heavy atom. The maximum atomic E-state index is 13.4. The van der Waals surface area contributed by atoms with E-state index in [2.05, 4.69) is 14.5 Å². The standard InChI is InChI=1S/C23H26N4OS/c28-22(18-7-2-1-3-8-18)27-17-26(13-6-12-25-14-11-24-16-25)15-20-19-9-4-5-10-21(19)29-23(20)27/h1-3,7-8,11,14,16H,4-6,9-10,12-13,15,17H2. The minimum Gasteiger partial charge on any atom is -0.337 e. The number of imidazole rings is 1. The molecule has 0 atom stereocenters. The Morgan fingerprint density at radius 1 is 1.07 bits per heavy atom. The number of benzene rings is 1. The van der Waals surface area contributed by atoms with Crippen molar-refractivity contribution in [3.8, 4) is 0 Å². The molecule has 0 bridgehead atoms. The lowest BCUT2D eigenvalue weighted by Crippen LogP contribution is -2.45. The van der Waals surface area contributed by atoms with Crippen molar-refractivity contribution in [2.24, 2.45) is 0 Å². The highest BCUT2D eigenvalue weighted by Gasteiger charge is 2.33. The van der Waals surface area contributed by atoms with Crippen LogP contribution in [0.3, 0.4) is 0 Å². The number of amides is 1. The molecule has 5 rings (SSSR count). The highest BCUT2D eigenvalue weighted by atomic mass is 32.1. The maximum absolute atomic E-state index is 13.4. The molecule has 5 nitrogen and oxygen atoms in total. The maximum Gasteiger partial charge on any atom is 0.260 e. The topological polar surface area (TPSA) is 41.4 Å². The normalized spacial score (nSPS) is 16.5. The van der Waals surface area contributed by atoms with E-state index >= 15 is 0 Å². The van der Waals surface area contributed by atoms with Crippen molar-refractivity contribution in [2.75, 3.05) is 18.1 Å². The number of rotatable bonds is 5. The molecule has 1 aromatic carbocycles. The molecule has 0 fully saturated rings. The van der Waals surface area contributed by atoms with Crippen LogP contribution < -0.4 is 4.90 Å². The van der Waals surface area contributed by atoms with Gasteiger partial charge in [0.1, 0.15) is 5.00 Å². The molecule has 0 saturated carbocycles. The Bertz CT molecular complexity index is 980. The fraction of sp³-hybridized carbons (Fsp3) is 0.391. The minimum atomic E-state index is 0.116. The van der Waals surface area contributed by atoms with Gasteiger partial charge in [0.05, 0.1) is 13.0 Å². The van der Waals surface area contributed by atoms with Crippen molar-refractivity contribution in [3.05, 3.63) is 70.6 Å². The van der Waals surface area contributed by atoms with Gasteiger partial charge in [0.15, 0.2) is 0 Å². The van der Waals surface area contributed by atoms with Crippen LogP contribution in [0.1, 0.15) is 45.6 Å². The number of hydrogen-bond acceptors (Lipinski definition) is 4. The summed E-state index contributed by atoms with van der Waals surface area (Å²) in [6.07, 6.45) is 11.6. The number of anilines is 1. The minimum absolute atomic E-state index is 0.116. The van der Waals surface area contributed by atoms with Crippen LogP contribution >= 0.6 is 11.3 Å². The Hall–Kier alpha value is -2.44. The van der Waals surface area contributed by atoms with E-state index in [1.165, 1.54) is 40.3 Å². The van der Waals surface area contributed by atoms with E-state index in [0.29, 0.717) is 6.67 Å². The third kappa shape index (κ3) is 3.74. The van der Waals surface area contributed by atoms with Gasteiger partial charge in [-0.25, -0.2) is 4.98 Å². The summed E-state index contributed by atoms with van der Waals surface area (Å²) in [5.41, 5.74) is 3.70. The molecule has 0 saturated heterocycles. The zero-order valence-electron chi connectivity index (χ0n) is 16.6. The molecule has 3 heterocycles. The number of hydrogen-bond donors (Lipinski definition) is 0. The smallest absolute Gasteiger partial charge is 0.260 e. The first-order chi connectivity index (χ1) is 14.3. The second-order valence-electron chi connectivity index (χ2n) is 7.94. The fourth-order valence-corrected chi connectivity index (χ4v) is 5.86. The lowest BCUT2D eigenvalue weighted by Gasteiger charge is -2.36. The van der Waals surface area contributed by atoms with Crippen molar-refractivity contribution in [1.82, 2.24) is 14.5 Å². The predicted molar refractivity (Wildman–Crippen MR) is 116 cm³/mol. The number of carbonyl (C=O) groups is 1. The van der Waals surface area contributed by atoms with E-state index < -0.39 is 0 Å². The number of aryl methyl sites for hydroxylation is 2. The molecule has 0 unspecified atom stereocenters. The van der Waals surface area contributed by atoms with Gasteiger partial charge in [0.25, 0.3) is 5.91 Å². The van der Waals surface area contributed by atoms with E-state index in [1.54, 1.807) is 0 Å². The Balaban J connectivity index is 1.40. The van der Waals surface area contributed by atoms with Gasteiger partial charge in [-0.3, -0.25) is 14.6 Å². The van der Waals surface area contributed by atoms with Crippen LogP contribution in [-0.2, 0) is 25.9 Å². The quantitative estimate of drug-likeness (QED) is 0.633. The average molecular weight is 407 g/mol. The Kier molecular flexibility index (Phi) is 5.21. The molecule has 3 aromatic rings. The molecule has 6 heteroatoms. The molecule has 0 N–H and O–H groups in total. The molecular formula is C23H26N4OS. The Morgan fingerprint density at radius 3 is 2.76 bits per heavy atom. The van der Waals surface area contributed by atoms with Crippen LogP contribution in [0.2, 0.25) is 0 Å². The van der Waals surface area contributed by atoms with Gasteiger partial charge in [-0.05, 0) is 49.8 Å².